The number of nitro groups is 1. The minimum Gasteiger partial charge on any atom is -0.490 e. The number of hydrogen-bond acceptors (Lipinski definition) is 10. The van der Waals surface area contributed by atoms with Gasteiger partial charge in [0.15, 0.2) is 18.1 Å². The molecule has 12 nitrogen and oxygen atoms in total. The van der Waals surface area contributed by atoms with Gasteiger partial charge in [-0.1, -0.05) is 17.4 Å². The maximum absolute atomic E-state index is 14.0. The fourth-order valence-electron chi connectivity index (χ4n) is 8.85. The number of likely N-dealkylation sites (tertiary alicyclic amines) is 1. The van der Waals surface area contributed by atoms with E-state index in [0.717, 1.165) is 54.2 Å². The van der Waals surface area contributed by atoms with Crippen LogP contribution in [-0.2, 0) is 14.4 Å². The zero-order valence-electron chi connectivity index (χ0n) is 26.2. The predicted octanol–water partition coefficient (Wildman–Crippen LogP) is 4.81. The van der Waals surface area contributed by atoms with E-state index in [0.29, 0.717) is 23.8 Å². The lowest BCUT2D eigenvalue weighted by Crippen LogP contribution is -2.42. The first-order valence-corrected chi connectivity index (χ1v) is 18.1. The van der Waals surface area contributed by atoms with Gasteiger partial charge < -0.3 is 19.4 Å². The minimum atomic E-state index is -0.512. The molecule has 14 heteroatoms. The van der Waals surface area contributed by atoms with E-state index in [1.54, 1.807) is 11.8 Å². The Labute approximate surface area is 283 Å². The van der Waals surface area contributed by atoms with E-state index in [9.17, 15) is 29.3 Å². The van der Waals surface area contributed by atoms with Gasteiger partial charge in [0.1, 0.15) is 0 Å². The zero-order chi connectivity index (χ0) is 33.3. The molecule has 3 aromatic rings. The molecule has 7 atom stereocenters. The molecule has 2 aliphatic carbocycles. The molecule has 2 bridgehead atoms. The number of nitrogens with one attached hydrogen (secondary N) is 1. The molecule has 48 heavy (non-hydrogen) atoms. The van der Waals surface area contributed by atoms with Gasteiger partial charge in [0.25, 0.3) is 11.6 Å². The third-order valence-corrected chi connectivity index (χ3v) is 13.3. The van der Waals surface area contributed by atoms with Crippen LogP contribution in [0.25, 0.3) is 0 Å². The average Bonchev–Trinajstić information content (AvgIpc) is 3.83. The maximum atomic E-state index is 14.0. The fraction of sp³-hybridized carbons (Fsp3) is 0.471. The summed E-state index contributed by atoms with van der Waals surface area (Å²) in [5, 5.41) is 12.0. The van der Waals surface area contributed by atoms with Gasteiger partial charge in [-0.25, -0.2) is 0 Å². The number of aromatic amines is 1. The van der Waals surface area contributed by atoms with Gasteiger partial charge in [-0.3, -0.25) is 34.2 Å². The van der Waals surface area contributed by atoms with Crippen LogP contribution in [0.15, 0.2) is 52.3 Å². The molecule has 3 amide bonds. The van der Waals surface area contributed by atoms with Gasteiger partial charge in [0.2, 0.25) is 11.8 Å². The number of non-ortho nitro benzene ring substituents is 1. The van der Waals surface area contributed by atoms with Crippen molar-refractivity contribution >= 4 is 52.2 Å². The van der Waals surface area contributed by atoms with Crippen LogP contribution in [0, 0.1) is 39.7 Å². The second-order valence-electron chi connectivity index (χ2n) is 13.1. The van der Waals surface area contributed by atoms with Gasteiger partial charge in [0.05, 0.1) is 34.1 Å². The van der Waals surface area contributed by atoms with E-state index < -0.39 is 16.8 Å². The number of carbonyl (C=O) groups excluding carboxylic acids is 3. The quantitative estimate of drug-likeness (QED) is 0.199. The molecule has 4 fully saturated rings. The number of carbonyl (C=O) groups is 3. The molecule has 4 heterocycles. The number of benzene rings is 2. The second-order valence-corrected chi connectivity index (χ2v) is 15.3. The van der Waals surface area contributed by atoms with Gasteiger partial charge in [-0.15, -0.1) is 11.8 Å². The van der Waals surface area contributed by atoms with Gasteiger partial charge in [0, 0.05) is 41.3 Å². The van der Waals surface area contributed by atoms with Crippen LogP contribution >= 0.6 is 23.1 Å². The van der Waals surface area contributed by atoms with Crippen molar-refractivity contribution in [2.45, 2.75) is 48.8 Å². The lowest BCUT2D eigenvalue weighted by atomic mass is 9.68. The topological polar surface area (TPSA) is 152 Å². The summed E-state index contributed by atoms with van der Waals surface area (Å²) < 4.78 is 12.0. The monoisotopic (exact) mass is 690 g/mol. The number of imide groups is 1. The van der Waals surface area contributed by atoms with Crippen LogP contribution in [0.4, 0.5) is 11.4 Å². The Balaban J connectivity index is 1.11. The van der Waals surface area contributed by atoms with Crippen molar-refractivity contribution in [1.29, 1.82) is 0 Å². The number of rotatable bonds is 8. The number of fused-ring (bicyclic) bond motifs is 9. The maximum Gasteiger partial charge on any atom is 0.305 e. The molecule has 8 rings (SSSR count). The van der Waals surface area contributed by atoms with Crippen molar-refractivity contribution in [3.8, 4) is 11.5 Å². The Kier molecular flexibility index (Phi) is 7.82. The number of hydrogen-bond donors (Lipinski definition) is 1. The molecule has 2 aromatic carbocycles. The van der Waals surface area contributed by atoms with Crippen molar-refractivity contribution in [2.24, 2.45) is 29.6 Å². The van der Waals surface area contributed by atoms with Crippen LogP contribution in [0.2, 0.25) is 0 Å². The molecule has 5 aliphatic rings. The summed E-state index contributed by atoms with van der Waals surface area (Å²) in [7, 11) is 0. The summed E-state index contributed by atoms with van der Waals surface area (Å²) in [4.78, 5) is 71.0. The predicted molar refractivity (Wildman–Crippen MR) is 178 cm³/mol. The van der Waals surface area contributed by atoms with E-state index in [1.165, 1.54) is 40.5 Å². The lowest BCUT2D eigenvalue weighted by molar-refractivity contribution is -0.384. The minimum absolute atomic E-state index is 0.00111. The molecule has 2 saturated carbocycles. The zero-order valence-corrected chi connectivity index (χ0v) is 27.8. The van der Waals surface area contributed by atoms with Crippen molar-refractivity contribution in [2.75, 3.05) is 31.2 Å². The summed E-state index contributed by atoms with van der Waals surface area (Å²) in [5.74, 6) is -0.975. The number of piperidine rings is 1. The number of aromatic nitrogens is 1. The van der Waals surface area contributed by atoms with Crippen LogP contribution in [0.5, 0.6) is 11.5 Å². The van der Waals surface area contributed by atoms with Gasteiger partial charge >= 0.3 is 4.87 Å². The van der Waals surface area contributed by atoms with E-state index in [1.807, 2.05) is 30.0 Å². The second kappa shape index (κ2) is 12.1. The first-order chi connectivity index (χ1) is 23.2. The summed E-state index contributed by atoms with van der Waals surface area (Å²) in [6.45, 7) is 3.68. The SMILES string of the molecule is CCOc1cc([C@H]2c3sc(=O)[nH]c3SC3C4CC(C5C(=O)N(c6ccc([N+](=O)[O-])cc6)C(=O)C45)C32)ccc1OCC(=O)N1CCCCC1. The van der Waals surface area contributed by atoms with Gasteiger partial charge in [-0.2, -0.15) is 0 Å². The normalized spacial score (nSPS) is 28.6. The Bertz CT molecular complexity index is 1870. The lowest BCUT2D eigenvalue weighted by Gasteiger charge is -2.43. The third kappa shape index (κ3) is 4.94. The number of ether oxygens (including phenoxy) is 2. The molecule has 2 saturated heterocycles. The van der Waals surface area contributed by atoms with Crippen molar-refractivity contribution in [3.05, 3.63) is 72.7 Å². The van der Waals surface area contributed by atoms with Crippen LogP contribution in [-0.4, -0.2) is 64.1 Å². The summed E-state index contributed by atoms with van der Waals surface area (Å²) in [6.07, 6.45) is 3.86. The number of anilines is 1. The van der Waals surface area contributed by atoms with Crippen molar-refractivity contribution in [3.63, 3.8) is 0 Å². The third-order valence-electron chi connectivity index (χ3n) is 10.7. The molecule has 0 spiro atoms. The van der Waals surface area contributed by atoms with E-state index in [4.69, 9.17) is 9.47 Å². The molecule has 1 N–H and O–H groups in total. The van der Waals surface area contributed by atoms with Gasteiger partial charge in [-0.05, 0) is 80.2 Å². The highest BCUT2D eigenvalue weighted by atomic mass is 32.2. The van der Waals surface area contributed by atoms with E-state index in [2.05, 4.69) is 4.98 Å². The molecular formula is C34H34N4O8S2. The highest BCUT2D eigenvalue weighted by Gasteiger charge is 2.69. The molecular weight excluding hydrogens is 657 g/mol. The summed E-state index contributed by atoms with van der Waals surface area (Å²) >= 11 is 2.79. The van der Waals surface area contributed by atoms with Crippen LogP contribution < -0.4 is 19.2 Å². The number of amides is 3. The molecule has 1 aromatic heterocycles. The summed E-state index contributed by atoms with van der Waals surface area (Å²) in [5.41, 5.74) is 1.16. The van der Waals surface area contributed by atoms with Crippen molar-refractivity contribution in [1.82, 2.24) is 9.88 Å². The molecule has 250 valence electrons. The summed E-state index contributed by atoms with van der Waals surface area (Å²) in [6, 6.07) is 11.3. The number of thiazole rings is 1. The molecule has 6 unspecified atom stereocenters. The Morgan fingerprint density at radius 2 is 1.71 bits per heavy atom. The first kappa shape index (κ1) is 31.1. The number of H-pyrrole nitrogens is 1. The smallest absolute Gasteiger partial charge is 0.305 e. The fourth-order valence-corrected chi connectivity index (χ4v) is 11.7. The standard InChI is InChI=1S/C34H34N4O8S2/c1-2-45-23-14-17(6-11-22(23)46-16-24(39)36-12-4-3-5-13-36)25-26-20-15-21(29(26)47-31-30(25)48-34(42)35-31)28-27(20)32(40)37(33(28)41)18-7-9-19(10-8-18)38(43)44/h6-11,14,20-21,25-29H,2-5,12-13,15-16H2,1H3,(H,35,42)/t20?,21?,25-,26?,27?,28?,29?/m1/s1. The van der Waals surface area contributed by atoms with Crippen LogP contribution in [0.3, 0.4) is 0 Å². The Morgan fingerprint density at radius 3 is 2.42 bits per heavy atom. The highest BCUT2D eigenvalue weighted by Crippen LogP contribution is 2.68. The van der Waals surface area contributed by atoms with E-state index in [-0.39, 0.29) is 63.8 Å². The first-order valence-electron chi connectivity index (χ1n) is 16.4. The molecule has 0 radical (unpaired) electrons. The Morgan fingerprint density at radius 1 is 0.979 bits per heavy atom. The number of thioether (sulfide) groups is 1. The largest absolute Gasteiger partial charge is 0.490 e. The van der Waals surface area contributed by atoms with Crippen molar-refractivity contribution < 1.29 is 28.8 Å². The number of nitro benzene ring substituents is 1. The molecule has 3 aliphatic heterocycles. The van der Waals surface area contributed by atoms with Crippen LogP contribution in [0.1, 0.15) is 49.0 Å². The number of nitrogens with zero attached hydrogens (tertiary/aromatic N) is 3. The highest BCUT2D eigenvalue weighted by molar-refractivity contribution is 8.00. The average molecular weight is 691 g/mol. The Hall–Kier alpha value is -4.17. The van der Waals surface area contributed by atoms with E-state index >= 15 is 0 Å².